The van der Waals surface area contributed by atoms with E-state index in [4.69, 9.17) is 5.11 Å². The molecular weight excluding hydrogens is 254 g/mol. The van der Waals surface area contributed by atoms with Crippen molar-refractivity contribution in [2.75, 3.05) is 24.7 Å². The molecule has 1 aromatic rings. The standard InChI is InChI=1S/C16H27NOS/c1-3-10-17-16(13-19-12-5-11-18)15-8-6-14(4-2)7-9-15/h6-9,16-18H,3-5,10-13H2,1-2H3. The highest BCUT2D eigenvalue weighted by molar-refractivity contribution is 7.99. The molecule has 0 saturated heterocycles. The highest BCUT2D eigenvalue weighted by Crippen LogP contribution is 2.20. The van der Waals surface area contributed by atoms with Crippen LogP contribution >= 0.6 is 11.8 Å². The van der Waals surface area contributed by atoms with Gasteiger partial charge in [-0.1, -0.05) is 38.1 Å². The first kappa shape index (κ1) is 16.5. The zero-order valence-electron chi connectivity index (χ0n) is 12.2. The molecule has 1 atom stereocenters. The van der Waals surface area contributed by atoms with Crippen LogP contribution < -0.4 is 5.32 Å². The first-order chi connectivity index (χ1) is 9.31. The predicted octanol–water partition coefficient (Wildman–Crippen LogP) is 3.41. The number of hydrogen-bond acceptors (Lipinski definition) is 3. The van der Waals surface area contributed by atoms with Crippen LogP contribution in [0.1, 0.15) is 43.9 Å². The normalized spacial score (nSPS) is 12.6. The van der Waals surface area contributed by atoms with Crippen molar-refractivity contribution in [1.29, 1.82) is 0 Å². The van der Waals surface area contributed by atoms with Gasteiger partial charge in [-0.2, -0.15) is 11.8 Å². The molecule has 19 heavy (non-hydrogen) atoms. The molecule has 0 aromatic heterocycles. The van der Waals surface area contributed by atoms with Gasteiger partial charge in [-0.15, -0.1) is 0 Å². The fraction of sp³-hybridized carbons (Fsp3) is 0.625. The fourth-order valence-electron chi connectivity index (χ4n) is 1.95. The minimum absolute atomic E-state index is 0.297. The van der Waals surface area contributed by atoms with Crippen LogP contribution in [0.2, 0.25) is 0 Å². The summed E-state index contributed by atoms with van der Waals surface area (Å²) in [7, 11) is 0. The van der Waals surface area contributed by atoms with Crippen LogP contribution in [0.5, 0.6) is 0 Å². The first-order valence-electron chi connectivity index (χ1n) is 7.32. The van der Waals surface area contributed by atoms with Crippen LogP contribution in [-0.2, 0) is 6.42 Å². The fourth-order valence-corrected chi connectivity index (χ4v) is 2.99. The Labute approximate surface area is 122 Å². The summed E-state index contributed by atoms with van der Waals surface area (Å²) in [5, 5.41) is 12.4. The van der Waals surface area contributed by atoms with E-state index in [1.54, 1.807) is 0 Å². The van der Waals surface area contributed by atoms with Crippen molar-refractivity contribution in [3.63, 3.8) is 0 Å². The number of nitrogens with one attached hydrogen (secondary N) is 1. The third-order valence-electron chi connectivity index (χ3n) is 3.16. The van der Waals surface area contributed by atoms with Gasteiger partial charge < -0.3 is 10.4 Å². The summed E-state index contributed by atoms with van der Waals surface area (Å²) in [5.74, 6) is 2.11. The minimum Gasteiger partial charge on any atom is -0.396 e. The van der Waals surface area contributed by atoms with Crippen molar-refractivity contribution < 1.29 is 5.11 Å². The SMILES string of the molecule is CCCNC(CSCCCO)c1ccc(CC)cc1. The topological polar surface area (TPSA) is 32.3 Å². The second kappa shape index (κ2) is 10.3. The van der Waals surface area contributed by atoms with E-state index in [-0.39, 0.29) is 0 Å². The monoisotopic (exact) mass is 281 g/mol. The number of aryl methyl sites for hydroxylation is 1. The first-order valence-corrected chi connectivity index (χ1v) is 8.48. The van der Waals surface area contributed by atoms with Crippen molar-refractivity contribution >= 4 is 11.8 Å². The van der Waals surface area contributed by atoms with Crippen LogP contribution in [-0.4, -0.2) is 29.8 Å². The van der Waals surface area contributed by atoms with Gasteiger partial charge in [0.15, 0.2) is 0 Å². The predicted molar refractivity (Wildman–Crippen MR) is 85.9 cm³/mol. The highest BCUT2D eigenvalue weighted by Gasteiger charge is 2.10. The van der Waals surface area contributed by atoms with E-state index < -0.39 is 0 Å². The lowest BCUT2D eigenvalue weighted by molar-refractivity contribution is 0.296. The van der Waals surface area contributed by atoms with Crippen LogP contribution in [0, 0.1) is 0 Å². The highest BCUT2D eigenvalue weighted by atomic mass is 32.2. The number of rotatable bonds is 10. The van der Waals surface area contributed by atoms with Gasteiger partial charge >= 0.3 is 0 Å². The summed E-state index contributed by atoms with van der Waals surface area (Å²) in [6.07, 6.45) is 3.14. The molecule has 0 fully saturated rings. The van der Waals surface area contributed by atoms with Gasteiger partial charge in [0.05, 0.1) is 0 Å². The van der Waals surface area contributed by atoms with Gasteiger partial charge in [0.1, 0.15) is 0 Å². The van der Waals surface area contributed by atoms with Crippen molar-refractivity contribution in [2.45, 2.75) is 39.2 Å². The van der Waals surface area contributed by atoms with E-state index in [0.29, 0.717) is 12.6 Å². The Hall–Kier alpha value is -0.510. The van der Waals surface area contributed by atoms with E-state index in [0.717, 1.165) is 37.3 Å². The Morgan fingerprint density at radius 1 is 1.21 bits per heavy atom. The van der Waals surface area contributed by atoms with Gasteiger partial charge in [0.25, 0.3) is 0 Å². The summed E-state index contributed by atoms with van der Waals surface area (Å²) in [6, 6.07) is 9.38. The molecule has 0 aliphatic rings. The van der Waals surface area contributed by atoms with Crippen LogP contribution in [0.3, 0.4) is 0 Å². The van der Waals surface area contributed by atoms with Crippen LogP contribution in [0.15, 0.2) is 24.3 Å². The molecule has 1 rings (SSSR count). The van der Waals surface area contributed by atoms with Gasteiger partial charge in [0, 0.05) is 18.4 Å². The molecule has 2 N–H and O–H groups in total. The third kappa shape index (κ3) is 6.46. The molecule has 0 amide bonds. The van der Waals surface area contributed by atoms with E-state index in [1.807, 2.05) is 11.8 Å². The van der Waals surface area contributed by atoms with Crippen molar-refractivity contribution in [3.05, 3.63) is 35.4 Å². The smallest absolute Gasteiger partial charge is 0.0438 e. The van der Waals surface area contributed by atoms with E-state index in [9.17, 15) is 0 Å². The minimum atomic E-state index is 0.297. The maximum Gasteiger partial charge on any atom is 0.0438 e. The number of thioether (sulfide) groups is 1. The number of hydrogen-bond donors (Lipinski definition) is 2. The van der Waals surface area contributed by atoms with Gasteiger partial charge in [-0.05, 0) is 42.7 Å². The third-order valence-corrected chi connectivity index (χ3v) is 4.31. The molecule has 0 bridgehead atoms. The molecule has 0 radical (unpaired) electrons. The molecule has 0 aliphatic carbocycles. The van der Waals surface area contributed by atoms with E-state index in [1.165, 1.54) is 11.1 Å². The lowest BCUT2D eigenvalue weighted by Gasteiger charge is -2.19. The van der Waals surface area contributed by atoms with Crippen molar-refractivity contribution in [3.8, 4) is 0 Å². The summed E-state index contributed by atoms with van der Waals surface area (Å²) in [6.45, 7) is 5.74. The number of aliphatic hydroxyl groups excluding tert-OH is 1. The Morgan fingerprint density at radius 3 is 2.53 bits per heavy atom. The summed E-state index contributed by atoms with van der Waals surface area (Å²) in [4.78, 5) is 0. The Bertz CT molecular complexity index is 326. The summed E-state index contributed by atoms with van der Waals surface area (Å²) in [5.41, 5.74) is 2.77. The number of benzene rings is 1. The second-order valence-corrected chi connectivity index (χ2v) is 5.90. The Morgan fingerprint density at radius 2 is 1.95 bits per heavy atom. The molecule has 0 saturated carbocycles. The van der Waals surface area contributed by atoms with E-state index >= 15 is 0 Å². The lowest BCUT2D eigenvalue weighted by Crippen LogP contribution is -2.24. The van der Waals surface area contributed by atoms with Crippen LogP contribution in [0.25, 0.3) is 0 Å². The van der Waals surface area contributed by atoms with E-state index in [2.05, 4.69) is 43.4 Å². The summed E-state index contributed by atoms with van der Waals surface area (Å²) < 4.78 is 0. The molecule has 0 aliphatic heterocycles. The quantitative estimate of drug-likeness (QED) is 0.645. The number of aliphatic hydroxyl groups is 1. The van der Waals surface area contributed by atoms with Gasteiger partial charge in [-0.3, -0.25) is 0 Å². The van der Waals surface area contributed by atoms with Crippen molar-refractivity contribution in [2.24, 2.45) is 0 Å². The Kier molecular flexibility index (Phi) is 8.97. The molecule has 3 heteroatoms. The van der Waals surface area contributed by atoms with Crippen LogP contribution in [0.4, 0.5) is 0 Å². The van der Waals surface area contributed by atoms with Gasteiger partial charge in [0.2, 0.25) is 0 Å². The average molecular weight is 281 g/mol. The molecule has 0 heterocycles. The van der Waals surface area contributed by atoms with Crippen molar-refractivity contribution in [1.82, 2.24) is 5.32 Å². The molecule has 2 nitrogen and oxygen atoms in total. The molecular formula is C16H27NOS. The lowest BCUT2D eigenvalue weighted by atomic mass is 10.0. The molecule has 1 unspecified atom stereocenters. The van der Waals surface area contributed by atoms with Gasteiger partial charge in [-0.25, -0.2) is 0 Å². The molecule has 0 spiro atoms. The molecule has 108 valence electrons. The zero-order chi connectivity index (χ0) is 13.9. The maximum atomic E-state index is 8.82. The Balaban J connectivity index is 2.55. The zero-order valence-corrected chi connectivity index (χ0v) is 13.0. The maximum absolute atomic E-state index is 8.82. The largest absolute Gasteiger partial charge is 0.396 e. The average Bonchev–Trinajstić information content (AvgIpc) is 2.47. The summed E-state index contributed by atoms with van der Waals surface area (Å²) >= 11 is 1.92. The second-order valence-electron chi connectivity index (χ2n) is 4.75. The molecule has 1 aromatic carbocycles.